The van der Waals surface area contributed by atoms with Gasteiger partial charge in [-0.2, -0.15) is 10.2 Å². The number of hydrogen-bond donors (Lipinski definition) is 1. The predicted octanol–water partition coefficient (Wildman–Crippen LogP) is 1.87. The third-order valence-corrected chi connectivity index (χ3v) is 4.17. The maximum absolute atomic E-state index is 12.5. The second-order valence-corrected chi connectivity index (χ2v) is 5.45. The SMILES string of the molecule is CCc1nnc(C)cc1C(=O)NC1(CCl)CCOCC1. The molecule has 6 heteroatoms. The molecule has 1 aliphatic rings. The summed E-state index contributed by atoms with van der Waals surface area (Å²) in [4.78, 5) is 12.5. The second kappa shape index (κ2) is 6.50. The molecule has 20 heavy (non-hydrogen) atoms. The summed E-state index contributed by atoms with van der Waals surface area (Å²) in [6.07, 6.45) is 2.15. The highest BCUT2D eigenvalue weighted by Gasteiger charge is 2.34. The first-order valence-electron chi connectivity index (χ1n) is 6.89. The Kier molecular flexibility index (Phi) is 4.94. The van der Waals surface area contributed by atoms with Crippen LogP contribution >= 0.6 is 11.6 Å². The molecule has 1 amide bonds. The van der Waals surface area contributed by atoms with Gasteiger partial charge in [0.05, 0.1) is 22.5 Å². The second-order valence-electron chi connectivity index (χ2n) is 5.18. The molecule has 2 heterocycles. The normalized spacial score (nSPS) is 17.8. The molecule has 1 saturated heterocycles. The van der Waals surface area contributed by atoms with Gasteiger partial charge in [-0.1, -0.05) is 6.92 Å². The van der Waals surface area contributed by atoms with Crippen LogP contribution in [0.5, 0.6) is 0 Å². The smallest absolute Gasteiger partial charge is 0.253 e. The Morgan fingerprint density at radius 3 is 2.75 bits per heavy atom. The summed E-state index contributed by atoms with van der Waals surface area (Å²) in [5.41, 5.74) is 1.67. The van der Waals surface area contributed by atoms with Crippen LogP contribution in [0.25, 0.3) is 0 Å². The number of aromatic nitrogens is 2. The molecule has 0 spiro atoms. The van der Waals surface area contributed by atoms with E-state index in [1.165, 1.54) is 0 Å². The summed E-state index contributed by atoms with van der Waals surface area (Å²) in [5, 5.41) is 11.2. The number of hydrogen-bond acceptors (Lipinski definition) is 4. The van der Waals surface area contributed by atoms with Gasteiger partial charge in [-0.15, -0.1) is 11.6 Å². The number of aryl methyl sites for hydroxylation is 2. The Hall–Kier alpha value is -1.20. The largest absolute Gasteiger partial charge is 0.381 e. The van der Waals surface area contributed by atoms with Crippen LogP contribution in [0.1, 0.15) is 41.5 Å². The molecular weight excluding hydrogens is 278 g/mol. The minimum absolute atomic E-state index is 0.123. The first-order valence-corrected chi connectivity index (χ1v) is 7.43. The van der Waals surface area contributed by atoms with Crippen molar-refractivity contribution in [3.05, 3.63) is 23.0 Å². The molecule has 110 valence electrons. The van der Waals surface area contributed by atoms with Gasteiger partial charge < -0.3 is 10.1 Å². The number of alkyl halides is 1. The number of nitrogens with one attached hydrogen (secondary N) is 1. The fourth-order valence-electron chi connectivity index (χ4n) is 2.33. The molecule has 0 bridgehead atoms. The lowest BCUT2D eigenvalue weighted by Crippen LogP contribution is -2.53. The Bertz CT molecular complexity index is 487. The number of carbonyl (C=O) groups is 1. The third kappa shape index (κ3) is 3.27. The van der Waals surface area contributed by atoms with E-state index in [1.807, 2.05) is 13.8 Å². The fourth-order valence-corrected chi connectivity index (χ4v) is 2.67. The van der Waals surface area contributed by atoms with Gasteiger partial charge in [0.1, 0.15) is 0 Å². The molecule has 5 nitrogen and oxygen atoms in total. The highest BCUT2D eigenvalue weighted by atomic mass is 35.5. The molecule has 1 aliphatic heterocycles. The Labute approximate surface area is 124 Å². The quantitative estimate of drug-likeness (QED) is 0.862. The zero-order valence-corrected chi connectivity index (χ0v) is 12.7. The minimum Gasteiger partial charge on any atom is -0.381 e. The minimum atomic E-state index is -0.376. The number of rotatable bonds is 4. The molecule has 0 radical (unpaired) electrons. The van der Waals surface area contributed by atoms with Crippen LogP contribution < -0.4 is 5.32 Å². The number of halogens is 1. The molecule has 1 N–H and O–H groups in total. The summed E-state index contributed by atoms with van der Waals surface area (Å²) in [6, 6.07) is 1.78. The zero-order valence-electron chi connectivity index (χ0n) is 11.9. The first kappa shape index (κ1) is 15.2. The monoisotopic (exact) mass is 297 g/mol. The van der Waals surface area contributed by atoms with Crippen molar-refractivity contribution in [1.82, 2.24) is 15.5 Å². The third-order valence-electron chi connectivity index (χ3n) is 3.66. The summed E-state index contributed by atoms with van der Waals surface area (Å²) in [7, 11) is 0. The van der Waals surface area contributed by atoms with E-state index in [-0.39, 0.29) is 11.4 Å². The van der Waals surface area contributed by atoms with E-state index in [1.54, 1.807) is 6.07 Å². The molecule has 0 saturated carbocycles. The van der Waals surface area contributed by atoms with Gasteiger partial charge in [0, 0.05) is 19.1 Å². The molecule has 2 rings (SSSR count). The lowest BCUT2D eigenvalue weighted by atomic mass is 9.91. The molecule has 1 fully saturated rings. The fraction of sp³-hybridized carbons (Fsp3) is 0.643. The Morgan fingerprint density at radius 1 is 1.45 bits per heavy atom. The van der Waals surface area contributed by atoms with Gasteiger partial charge in [-0.25, -0.2) is 0 Å². The van der Waals surface area contributed by atoms with Gasteiger partial charge in [0.2, 0.25) is 0 Å². The van der Waals surface area contributed by atoms with Crippen molar-refractivity contribution < 1.29 is 9.53 Å². The van der Waals surface area contributed by atoms with Crippen molar-refractivity contribution in [3.8, 4) is 0 Å². The number of ether oxygens (including phenoxy) is 1. The summed E-state index contributed by atoms with van der Waals surface area (Å²) < 4.78 is 5.35. The summed E-state index contributed by atoms with van der Waals surface area (Å²) in [6.45, 7) is 5.04. The van der Waals surface area contributed by atoms with Gasteiger partial charge in [0.25, 0.3) is 5.91 Å². The number of amides is 1. The Balaban J connectivity index is 2.20. The van der Waals surface area contributed by atoms with E-state index >= 15 is 0 Å². The van der Waals surface area contributed by atoms with Gasteiger partial charge in [-0.05, 0) is 32.3 Å². The first-order chi connectivity index (χ1) is 9.60. The highest BCUT2D eigenvalue weighted by Crippen LogP contribution is 2.23. The highest BCUT2D eigenvalue weighted by molar-refractivity contribution is 6.19. The topological polar surface area (TPSA) is 64.1 Å². The van der Waals surface area contributed by atoms with E-state index in [0.717, 1.165) is 18.5 Å². The van der Waals surface area contributed by atoms with Gasteiger partial charge in [-0.3, -0.25) is 4.79 Å². The van der Waals surface area contributed by atoms with Crippen LogP contribution in [-0.2, 0) is 11.2 Å². The maximum atomic E-state index is 12.5. The van der Waals surface area contributed by atoms with E-state index in [0.29, 0.717) is 36.8 Å². The average molecular weight is 298 g/mol. The van der Waals surface area contributed by atoms with Gasteiger partial charge >= 0.3 is 0 Å². The molecule has 0 atom stereocenters. The molecule has 0 aromatic carbocycles. The van der Waals surface area contributed by atoms with Crippen molar-refractivity contribution in [1.29, 1.82) is 0 Å². The number of carbonyl (C=O) groups excluding carboxylic acids is 1. The van der Waals surface area contributed by atoms with Crippen LogP contribution in [0.4, 0.5) is 0 Å². The lowest BCUT2D eigenvalue weighted by molar-refractivity contribution is 0.0433. The number of nitrogens with zero attached hydrogens (tertiary/aromatic N) is 2. The molecule has 0 unspecified atom stereocenters. The van der Waals surface area contributed by atoms with Crippen LogP contribution in [0, 0.1) is 6.92 Å². The van der Waals surface area contributed by atoms with Crippen molar-refractivity contribution in [3.63, 3.8) is 0 Å². The predicted molar refractivity (Wildman–Crippen MR) is 77.1 cm³/mol. The van der Waals surface area contributed by atoms with E-state index in [2.05, 4.69) is 15.5 Å². The van der Waals surface area contributed by atoms with Crippen molar-refractivity contribution in [2.45, 2.75) is 38.6 Å². The van der Waals surface area contributed by atoms with Crippen LogP contribution in [0.3, 0.4) is 0 Å². The zero-order chi connectivity index (χ0) is 14.6. The van der Waals surface area contributed by atoms with Gasteiger partial charge in [0.15, 0.2) is 0 Å². The standard InChI is InChI=1S/C14H20ClN3O2/c1-3-12-11(8-10(2)17-18-12)13(19)16-14(9-15)4-6-20-7-5-14/h8H,3-7,9H2,1-2H3,(H,16,19). The average Bonchev–Trinajstić information content (AvgIpc) is 2.48. The van der Waals surface area contributed by atoms with Crippen LogP contribution in [-0.4, -0.2) is 40.7 Å². The summed E-state index contributed by atoms with van der Waals surface area (Å²) >= 11 is 6.08. The summed E-state index contributed by atoms with van der Waals surface area (Å²) in [5.74, 6) is 0.267. The molecule has 1 aromatic rings. The molecular formula is C14H20ClN3O2. The van der Waals surface area contributed by atoms with E-state index < -0.39 is 0 Å². The van der Waals surface area contributed by atoms with Crippen LogP contribution in [0.15, 0.2) is 6.07 Å². The Morgan fingerprint density at radius 2 is 2.15 bits per heavy atom. The van der Waals surface area contributed by atoms with Crippen LogP contribution in [0.2, 0.25) is 0 Å². The molecule has 0 aliphatic carbocycles. The lowest BCUT2D eigenvalue weighted by Gasteiger charge is -2.36. The van der Waals surface area contributed by atoms with Crippen molar-refractivity contribution in [2.75, 3.05) is 19.1 Å². The van der Waals surface area contributed by atoms with E-state index in [9.17, 15) is 4.79 Å². The maximum Gasteiger partial charge on any atom is 0.253 e. The molecule has 1 aromatic heterocycles. The van der Waals surface area contributed by atoms with E-state index in [4.69, 9.17) is 16.3 Å². The van der Waals surface area contributed by atoms with Crippen molar-refractivity contribution in [2.24, 2.45) is 0 Å². The van der Waals surface area contributed by atoms with Crippen molar-refractivity contribution >= 4 is 17.5 Å².